The Hall–Kier alpha value is -4.99. The zero-order chi connectivity index (χ0) is 26.4. The van der Waals surface area contributed by atoms with Crippen molar-refractivity contribution < 1.29 is 24.7 Å². The van der Waals surface area contributed by atoms with Crippen LogP contribution in [0.2, 0.25) is 0 Å². The summed E-state index contributed by atoms with van der Waals surface area (Å²) < 4.78 is 5.83. The third-order valence-corrected chi connectivity index (χ3v) is 6.51. The lowest BCUT2D eigenvalue weighted by Gasteiger charge is -2.11. The number of hydrogen-bond donors (Lipinski definition) is 3. The summed E-state index contributed by atoms with van der Waals surface area (Å²) in [5, 5.41) is 39.2. The molecule has 0 spiro atoms. The number of thioether (sulfide) groups is 1. The topological polar surface area (TPSA) is 154 Å². The number of aromatic nitrogens is 1. The minimum atomic E-state index is -0.402. The molecule has 0 aliphatic carbocycles. The highest BCUT2D eigenvalue weighted by molar-refractivity contribution is 7.99. The largest absolute Gasteiger partial charge is 0.504 e. The number of ether oxygens (including phenoxy) is 1. The molecule has 0 unspecified atom stereocenters. The van der Waals surface area contributed by atoms with Gasteiger partial charge < -0.3 is 14.9 Å². The molecule has 0 saturated carbocycles. The van der Waals surface area contributed by atoms with Crippen LogP contribution >= 0.6 is 11.8 Å². The molecule has 0 saturated heterocycles. The number of carbonyl (C=O) groups is 1. The van der Waals surface area contributed by atoms with E-state index in [0.717, 1.165) is 17.3 Å². The number of nitriles is 2. The molecule has 0 atom stereocenters. The van der Waals surface area contributed by atoms with Crippen molar-refractivity contribution in [1.29, 1.82) is 10.5 Å². The molecule has 1 aromatic heterocycles. The van der Waals surface area contributed by atoms with Crippen LogP contribution in [0.15, 0.2) is 77.8 Å². The van der Waals surface area contributed by atoms with Gasteiger partial charge in [-0.25, -0.2) is 4.98 Å². The van der Waals surface area contributed by atoms with Gasteiger partial charge in [0.15, 0.2) is 22.3 Å². The summed E-state index contributed by atoms with van der Waals surface area (Å²) in [6.07, 6.45) is 0. The Bertz CT molecular complexity index is 1540. The zero-order valence-electron chi connectivity index (χ0n) is 19.4. The maximum absolute atomic E-state index is 12.6. The van der Waals surface area contributed by atoms with Gasteiger partial charge in [-0.2, -0.15) is 10.5 Å². The highest BCUT2D eigenvalue weighted by Crippen LogP contribution is 2.35. The van der Waals surface area contributed by atoms with Crippen LogP contribution in [0, 0.1) is 22.7 Å². The number of nitrogens with one attached hydrogen (secondary N) is 1. The van der Waals surface area contributed by atoms with Gasteiger partial charge in [0.2, 0.25) is 0 Å². The number of phenolic OH excluding ortho intramolecular Hbond substituents is 2. The molecule has 3 aromatic carbocycles. The Morgan fingerprint density at radius 3 is 2.30 bits per heavy atom. The lowest BCUT2D eigenvalue weighted by Crippen LogP contribution is -2.19. The molecule has 0 fully saturated rings. The molecule has 0 aliphatic heterocycles. The Morgan fingerprint density at radius 1 is 0.946 bits per heavy atom. The maximum Gasteiger partial charge on any atom is 0.289 e. The van der Waals surface area contributed by atoms with Crippen molar-refractivity contribution in [3.63, 3.8) is 0 Å². The van der Waals surface area contributed by atoms with Gasteiger partial charge in [-0.3, -0.25) is 10.5 Å². The molecule has 0 bridgehead atoms. The number of carbonyl (C=O) groups excluding carboxylic acids is 1. The number of aromatic amines is 1. The van der Waals surface area contributed by atoms with Crippen molar-refractivity contribution in [3.8, 4) is 40.5 Å². The van der Waals surface area contributed by atoms with Gasteiger partial charge in [-0.05, 0) is 41.5 Å². The lowest BCUT2D eigenvalue weighted by atomic mass is 9.97. The number of pyridine rings is 1. The van der Waals surface area contributed by atoms with Crippen LogP contribution in [0.25, 0.3) is 11.1 Å². The monoisotopic (exact) mass is 509 g/mol. The average Bonchev–Trinajstić information content (AvgIpc) is 2.92. The fourth-order valence-corrected chi connectivity index (χ4v) is 4.53. The molecule has 37 heavy (non-hydrogen) atoms. The summed E-state index contributed by atoms with van der Waals surface area (Å²) in [4.78, 5) is 15.5. The van der Waals surface area contributed by atoms with Crippen LogP contribution in [0.3, 0.4) is 0 Å². The number of ketones is 1. The number of benzene rings is 3. The number of rotatable bonds is 8. The van der Waals surface area contributed by atoms with Crippen LogP contribution < -0.4 is 15.5 Å². The fourth-order valence-electron chi connectivity index (χ4n) is 3.62. The third-order valence-electron chi connectivity index (χ3n) is 5.50. The molecule has 182 valence electrons. The lowest BCUT2D eigenvalue weighted by molar-refractivity contribution is -0.410. The number of nitrogens with zero attached hydrogens (tertiary/aromatic N) is 2. The summed E-state index contributed by atoms with van der Waals surface area (Å²) in [6, 6.07) is 24.7. The standard InChI is InChI=1S/C28H20N4O4S/c29-13-21-26(18-6-9-20(10-7-18)36-15-17-4-2-1-3-5-17)22(14-30)28(32-27(21)31)37-16-25(35)19-8-11-23(33)24(34)12-19/h1-12,33-34H,15-16H2,(H2,31,32)/p+1. The molecule has 4 rings (SSSR count). The quantitative estimate of drug-likeness (QED) is 0.179. The molecule has 1 heterocycles. The van der Waals surface area contributed by atoms with E-state index in [2.05, 4.69) is 17.1 Å². The van der Waals surface area contributed by atoms with E-state index in [4.69, 9.17) is 10.5 Å². The Labute approximate surface area is 217 Å². The number of phenols is 2. The Morgan fingerprint density at radius 2 is 1.65 bits per heavy atom. The van der Waals surface area contributed by atoms with Gasteiger partial charge in [0, 0.05) is 11.1 Å². The summed E-state index contributed by atoms with van der Waals surface area (Å²) >= 11 is 1.05. The number of nitrogen functional groups attached to an aromatic ring is 1. The van der Waals surface area contributed by atoms with Crippen molar-refractivity contribution in [2.24, 2.45) is 0 Å². The average molecular weight is 510 g/mol. The van der Waals surface area contributed by atoms with E-state index >= 15 is 0 Å². The molecular formula is C28H21N4O4S+. The van der Waals surface area contributed by atoms with Crippen molar-refractivity contribution >= 4 is 23.4 Å². The number of H-pyrrole nitrogens is 1. The van der Waals surface area contributed by atoms with Gasteiger partial charge in [-0.1, -0.05) is 54.2 Å². The smallest absolute Gasteiger partial charge is 0.289 e. The maximum atomic E-state index is 12.6. The van der Waals surface area contributed by atoms with Crippen LogP contribution in [0.5, 0.6) is 17.2 Å². The molecular weight excluding hydrogens is 488 g/mol. The minimum Gasteiger partial charge on any atom is -0.504 e. The first kappa shape index (κ1) is 25.1. The van der Waals surface area contributed by atoms with E-state index in [-0.39, 0.29) is 39.8 Å². The van der Waals surface area contributed by atoms with Crippen molar-refractivity contribution in [2.75, 3.05) is 11.5 Å². The van der Waals surface area contributed by atoms with Gasteiger partial charge >= 0.3 is 0 Å². The zero-order valence-corrected chi connectivity index (χ0v) is 20.2. The van der Waals surface area contributed by atoms with Gasteiger partial charge in [0.25, 0.3) is 5.82 Å². The van der Waals surface area contributed by atoms with E-state index in [1.807, 2.05) is 30.3 Å². The van der Waals surface area contributed by atoms with Crippen LogP contribution in [-0.4, -0.2) is 21.7 Å². The molecule has 0 radical (unpaired) electrons. The minimum absolute atomic E-state index is 0.0677. The van der Waals surface area contributed by atoms with Crippen LogP contribution in [-0.2, 0) is 6.61 Å². The second kappa shape index (κ2) is 11.2. The van der Waals surface area contributed by atoms with E-state index in [1.165, 1.54) is 18.2 Å². The van der Waals surface area contributed by atoms with E-state index in [0.29, 0.717) is 28.5 Å². The molecule has 8 nitrogen and oxygen atoms in total. The summed E-state index contributed by atoms with van der Waals surface area (Å²) in [7, 11) is 0. The number of Topliss-reactive ketones (excluding diaryl/α,β-unsaturated/α-hetero) is 1. The first-order valence-electron chi connectivity index (χ1n) is 11.1. The highest BCUT2D eigenvalue weighted by Gasteiger charge is 2.24. The molecule has 0 aliphatic rings. The van der Waals surface area contributed by atoms with E-state index in [9.17, 15) is 25.5 Å². The number of nitrogens with two attached hydrogens (primary N) is 1. The summed E-state index contributed by atoms with van der Waals surface area (Å²) in [6.45, 7) is 0.397. The van der Waals surface area contributed by atoms with E-state index < -0.39 is 5.75 Å². The Balaban J connectivity index is 1.60. The molecule has 0 amide bonds. The SMILES string of the molecule is N#Cc1c(N)[nH+]c(SCC(=O)c2ccc(O)c(O)c2)c(C#N)c1-c1ccc(OCc2ccccc2)cc1. The van der Waals surface area contributed by atoms with Crippen LogP contribution in [0.1, 0.15) is 27.0 Å². The van der Waals surface area contributed by atoms with Crippen molar-refractivity contribution in [3.05, 3.63) is 95.1 Å². The van der Waals surface area contributed by atoms with Gasteiger partial charge in [0.05, 0.1) is 5.75 Å². The van der Waals surface area contributed by atoms with Crippen molar-refractivity contribution in [2.45, 2.75) is 11.6 Å². The first-order valence-corrected chi connectivity index (χ1v) is 12.0. The predicted octanol–water partition coefficient (Wildman–Crippen LogP) is 4.46. The van der Waals surface area contributed by atoms with Crippen molar-refractivity contribution in [1.82, 2.24) is 0 Å². The molecule has 4 aromatic rings. The van der Waals surface area contributed by atoms with Gasteiger partial charge in [0.1, 0.15) is 35.6 Å². The number of aromatic hydroxyl groups is 2. The predicted molar refractivity (Wildman–Crippen MR) is 138 cm³/mol. The molecule has 5 N–H and O–H groups in total. The third kappa shape index (κ3) is 5.64. The number of anilines is 1. The normalized spacial score (nSPS) is 10.3. The van der Waals surface area contributed by atoms with Crippen LogP contribution in [0.4, 0.5) is 5.82 Å². The Kier molecular flexibility index (Phi) is 7.58. The fraction of sp³-hybridized carbons (Fsp3) is 0.0714. The van der Waals surface area contributed by atoms with Gasteiger partial charge in [-0.15, -0.1) is 0 Å². The molecule has 9 heteroatoms. The highest BCUT2D eigenvalue weighted by atomic mass is 32.2. The second-order valence-electron chi connectivity index (χ2n) is 7.93. The first-order chi connectivity index (χ1) is 17.9. The van der Waals surface area contributed by atoms with E-state index in [1.54, 1.807) is 24.3 Å². The second-order valence-corrected chi connectivity index (χ2v) is 8.92. The summed E-state index contributed by atoms with van der Waals surface area (Å²) in [5.41, 5.74) is 8.59. The number of hydrogen-bond acceptors (Lipinski definition) is 8. The summed E-state index contributed by atoms with van der Waals surface area (Å²) in [5.74, 6) is -0.448.